The van der Waals surface area contributed by atoms with Crippen molar-refractivity contribution < 1.29 is 18.6 Å². The molecule has 2 aliphatic heterocycles. The molecule has 2 fully saturated rings. The maximum Gasteiger partial charge on any atom is 0.229 e. The van der Waals surface area contributed by atoms with Crippen molar-refractivity contribution in [3.8, 4) is 5.75 Å². The summed E-state index contributed by atoms with van der Waals surface area (Å²) >= 11 is 0. The van der Waals surface area contributed by atoms with Gasteiger partial charge < -0.3 is 20.5 Å². The van der Waals surface area contributed by atoms with Gasteiger partial charge in [-0.15, -0.1) is 0 Å². The van der Waals surface area contributed by atoms with Crippen molar-refractivity contribution in [2.75, 3.05) is 30.4 Å². The first-order valence-electron chi connectivity index (χ1n) is 10.7. The van der Waals surface area contributed by atoms with E-state index in [1.807, 2.05) is 0 Å². The molecule has 0 aliphatic carbocycles. The monoisotopic (exact) mass is 433 g/mol. The van der Waals surface area contributed by atoms with Gasteiger partial charge >= 0.3 is 0 Å². The first kappa shape index (κ1) is 21.7. The van der Waals surface area contributed by atoms with E-state index in [0.717, 1.165) is 25.6 Å². The van der Waals surface area contributed by atoms with E-state index in [1.165, 1.54) is 25.0 Å². The zero-order valence-electron chi connectivity index (χ0n) is 17.9. The van der Waals surface area contributed by atoms with Gasteiger partial charge in [0.05, 0.1) is 12.8 Å². The molecular formula is C22H29F2N5O2. The summed E-state index contributed by atoms with van der Waals surface area (Å²) in [5, 5.41) is 15.0. The van der Waals surface area contributed by atoms with Gasteiger partial charge in [-0.3, -0.25) is 4.90 Å². The quantitative estimate of drug-likeness (QED) is 0.614. The third-order valence-electron chi connectivity index (χ3n) is 6.08. The fourth-order valence-corrected chi connectivity index (χ4v) is 4.82. The molecule has 168 valence electrons. The van der Waals surface area contributed by atoms with Crippen LogP contribution in [0.2, 0.25) is 0 Å². The molecule has 0 spiro atoms. The number of nitrogens with one attached hydrogen (secondary N) is 2. The Morgan fingerprint density at radius 3 is 2.90 bits per heavy atom. The highest BCUT2D eigenvalue weighted by Gasteiger charge is 2.43. The van der Waals surface area contributed by atoms with Gasteiger partial charge in [0.1, 0.15) is 6.61 Å². The lowest BCUT2D eigenvalue weighted by atomic mass is 9.84. The van der Waals surface area contributed by atoms with Gasteiger partial charge in [-0.25, -0.2) is 13.8 Å². The van der Waals surface area contributed by atoms with Crippen LogP contribution in [0.5, 0.6) is 5.75 Å². The van der Waals surface area contributed by atoms with Crippen molar-refractivity contribution in [2.24, 2.45) is 0 Å². The van der Waals surface area contributed by atoms with Gasteiger partial charge in [0.2, 0.25) is 5.95 Å². The summed E-state index contributed by atoms with van der Waals surface area (Å²) in [5.41, 5.74) is 0.464. The van der Waals surface area contributed by atoms with E-state index in [2.05, 4.69) is 39.3 Å². The zero-order valence-corrected chi connectivity index (χ0v) is 17.9. The second-order valence-corrected chi connectivity index (χ2v) is 8.82. The Labute approximate surface area is 180 Å². The van der Waals surface area contributed by atoms with E-state index >= 15 is 0 Å². The molecule has 3 heterocycles. The number of piperidine rings is 1. The number of fused-ring (bicyclic) bond motifs is 1. The highest BCUT2D eigenvalue weighted by atomic mass is 19.1. The van der Waals surface area contributed by atoms with Gasteiger partial charge in [0.15, 0.2) is 23.2 Å². The average Bonchev–Trinajstić information content (AvgIpc) is 3.19. The summed E-state index contributed by atoms with van der Waals surface area (Å²) in [6, 6.07) is 4.93. The van der Waals surface area contributed by atoms with Crippen LogP contribution in [0.3, 0.4) is 0 Å². The SMILES string of the molecule is CC1(C)CC(Nc2nc(Nc3ccc(OCCO)c(F)c3)ncc2F)CC2CCCN21. The zero-order chi connectivity index (χ0) is 22.0. The van der Waals surface area contributed by atoms with Gasteiger partial charge in [-0.2, -0.15) is 4.98 Å². The molecule has 7 nitrogen and oxygen atoms in total. The molecule has 2 aromatic rings. The largest absolute Gasteiger partial charge is 0.488 e. The third kappa shape index (κ3) is 4.88. The lowest BCUT2D eigenvalue weighted by Crippen LogP contribution is -2.55. The van der Waals surface area contributed by atoms with E-state index in [0.29, 0.717) is 11.7 Å². The standard InChI is InChI=1S/C22H29F2N5O2/c1-22(2)12-15(10-16-4-3-7-29(16)22)26-20-18(24)13-25-21(28-20)27-14-5-6-19(17(23)11-14)31-9-8-30/h5-6,11,13,15-16,30H,3-4,7-10,12H2,1-2H3,(H2,25,26,27,28). The molecule has 2 unspecified atom stereocenters. The van der Waals surface area contributed by atoms with Gasteiger partial charge in [0.25, 0.3) is 0 Å². The van der Waals surface area contributed by atoms with Crippen LogP contribution in [-0.4, -0.2) is 57.4 Å². The Bertz CT molecular complexity index is 927. The number of hydrogen-bond acceptors (Lipinski definition) is 7. The van der Waals surface area contributed by atoms with Crippen LogP contribution in [0.25, 0.3) is 0 Å². The molecule has 2 atom stereocenters. The van der Waals surface area contributed by atoms with Crippen molar-refractivity contribution in [3.05, 3.63) is 36.0 Å². The molecule has 0 saturated carbocycles. The van der Waals surface area contributed by atoms with Crippen LogP contribution >= 0.6 is 0 Å². The number of aromatic nitrogens is 2. The Morgan fingerprint density at radius 2 is 2.13 bits per heavy atom. The molecule has 3 N–H and O–H groups in total. The minimum absolute atomic E-state index is 0.0103. The maximum absolute atomic E-state index is 14.4. The van der Waals surface area contributed by atoms with Crippen molar-refractivity contribution in [1.29, 1.82) is 0 Å². The number of rotatable bonds is 7. The van der Waals surface area contributed by atoms with Crippen LogP contribution in [0, 0.1) is 11.6 Å². The average molecular weight is 434 g/mol. The van der Waals surface area contributed by atoms with Gasteiger partial charge in [-0.05, 0) is 58.2 Å². The molecule has 2 aliphatic rings. The minimum atomic E-state index is -0.579. The molecule has 31 heavy (non-hydrogen) atoms. The van der Waals surface area contributed by atoms with E-state index in [1.54, 1.807) is 6.07 Å². The highest BCUT2D eigenvalue weighted by Crippen LogP contribution is 2.38. The summed E-state index contributed by atoms with van der Waals surface area (Å²) < 4.78 is 33.7. The molecule has 4 rings (SSSR count). The number of aliphatic hydroxyl groups is 1. The van der Waals surface area contributed by atoms with Crippen molar-refractivity contribution in [1.82, 2.24) is 14.9 Å². The summed E-state index contributed by atoms with van der Waals surface area (Å²) in [6.45, 7) is 5.42. The Balaban J connectivity index is 1.46. The minimum Gasteiger partial charge on any atom is -0.488 e. The molecule has 0 radical (unpaired) electrons. The number of ether oxygens (including phenoxy) is 1. The predicted octanol–water partition coefficient (Wildman–Crippen LogP) is 3.69. The third-order valence-corrected chi connectivity index (χ3v) is 6.08. The first-order valence-corrected chi connectivity index (χ1v) is 10.7. The second-order valence-electron chi connectivity index (χ2n) is 8.82. The maximum atomic E-state index is 14.4. The molecule has 0 bridgehead atoms. The van der Waals surface area contributed by atoms with E-state index in [-0.39, 0.29) is 42.3 Å². The predicted molar refractivity (Wildman–Crippen MR) is 115 cm³/mol. The van der Waals surface area contributed by atoms with Crippen LogP contribution in [0.1, 0.15) is 39.5 Å². The van der Waals surface area contributed by atoms with E-state index < -0.39 is 11.6 Å². The van der Waals surface area contributed by atoms with Crippen LogP contribution in [0.4, 0.5) is 26.2 Å². The van der Waals surface area contributed by atoms with Crippen molar-refractivity contribution in [2.45, 2.75) is 57.2 Å². The van der Waals surface area contributed by atoms with Crippen LogP contribution in [0.15, 0.2) is 24.4 Å². The summed E-state index contributed by atoms with van der Waals surface area (Å²) in [4.78, 5) is 10.8. The van der Waals surface area contributed by atoms with Crippen LogP contribution in [-0.2, 0) is 0 Å². The highest BCUT2D eigenvalue weighted by molar-refractivity contribution is 5.56. The molecule has 0 amide bonds. The Morgan fingerprint density at radius 1 is 1.29 bits per heavy atom. The van der Waals surface area contributed by atoms with Gasteiger partial charge in [0, 0.05) is 29.4 Å². The van der Waals surface area contributed by atoms with Gasteiger partial charge in [-0.1, -0.05) is 0 Å². The smallest absolute Gasteiger partial charge is 0.229 e. The lowest BCUT2D eigenvalue weighted by molar-refractivity contribution is 0.0500. The number of aliphatic hydroxyl groups excluding tert-OH is 1. The number of benzene rings is 1. The normalized spacial score (nSPS) is 22.7. The lowest BCUT2D eigenvalue weighted by Gasteiger charge is -2.47. The van der Waals surface area contributed by atoms with Crippen molar-refractivity contribution in [3.63, 3.8) is 0 Å². The number of anilines is 3. The van der Waals surface area contributed by atoms with E-state index in [4.69, 9.17) is 9.84 Å². The second kappa shape index (κ2) is 8.92. The van der Waals surface area contributed by atoms with E-state index in [9.17, 15) is 8.78 Å². The molecule has 1 aromatic heterocycles. The summed E-state index contributed by atoms with van der Waals surface area (Å²) in [7, 11) is 0. The topological polar surface area (TPSA) is 82.5 Å². The number of hydrogen-bond donors (Lipinski definition) is 3. The summed E-state index contributed by atoms with van der Waals surface area (Å²) in [6.07, 6.45) is 5.34. The molecule has 9 heteroatoms. The number of halogens is 2. The number of nitrogens with zero attached hydrogens (tertiary/aromatic N) is 3. The molecule has 2 saturated heterocycles. The fraction of sp³-hybridized carbons (Fsp3) is 0.545. The van der Waals surface area contributed by atoms with Crippen LogP contribution < -0.4 is 15.4 Å². The molecular weight excluding hydrogens is 404 g/mol. The molecule has 1 aromatic carbocycles. The fourth-order valence-electron chi connectivity index (χ4n) is 4.82. The first-order chi connectivity index (χ1) is 14.9. The summed E-state index contributed by atoms with van der Waals surface area (Å²) in [5.74, 6) is -0.735. The Hall–Kier alpha value is -2.52. The Kier molecular flexibility index (Phi) is 6.24. The van der Waals surface area contributed by atoms with Crippen molar-refractivity contribution >= 4 is 17.5 Å².